The maximum Gasteiger partial charge on any atom is 0.337 e. The predicted octanol–water partition coefficient (Wildman–Crippen LogP) is 2.76. The van der Waals surface area contributed by atoms with Gasteiger partial charge in [-0.05, 0) is 42.5 Å². The standard InChI is InChI=1S/C17H15Br2NO4/c1-24-17(23)7-2-4-8(5-3-7)20-15(21)11-9-6-10(12(11)16(20)22)14(19)13(9)18/h2-5,9-14H,6H2,1H3/t9-,10-,11-,12-,13+,14+/m1/s1. The highest BCUT2D eigenvalue weighted by atomic mass is 79.9. The van der Waals surface area contributed by atoms with E-state index in [2.05, 4.69) is 36.6 Å². The second-order valence-corrected chi connectivity index (χ2v) is 8.67. The summed E-state index contributed by atoms with van der Waals surface area (Å²) in [6, 6.07) is 6.40. The lowest BCUT2D eigenvalue weighted by atomic mass is 9.81. The first-order valence-corrected chi connectivity index (χ1v) is 9.63. The Morgan fingerprint density at radius 2 is 1.54 bits per heavy atom. The molecule has 0 unspecified atom stereocenters. The topological polar surface area (TPSA) is 63.7 Å². The Bertz CT molecular complexity index is 703. The number of halogens is 2. The highest BCUT2D eigenvalue weighted by molar-refractivity contribution is 9.12. The maximum absolute atomic E-state index is 12.9. The normalized spacial score (nSPS) is 37.0. The Morgan fingerprint density at radius 1 is 1.04 bits per heavy atom. The van der Waals surface area contributed by atoms with Crippen LogP contribution in [0.2, 0.25) is 0 Å². The van der Waals surface area contributed by atoms with Gasteiger partial charge in [0.05, 0.1) is 30.2 Å². The number of benzene rings is 1. The van der Waals surface area contributed by atoms with E-state index in [9.17, 15) is 14.4 Å². The van der Waals surface area contributed by atoms with Crippen molar-refractivity contribution in [1.29, 1.82) is 0 Å². The van der Waals surface area contributed by atoms with Crippen LogP contribution in [0.3, 0.4) is 0 Å². The van der Waals surface area contributed by atoms with E-state index in [1.54, 1.807) is 24.3 Å². The SMILES string of the molecule is COC(=O)c1ccc(N2C(=O)[C@@H]3[C@H]4C[C@@H]([C@H](Br)[C@H]4Br)[C@H]3C2=O)cc1. The lowest BCUT2D eigenvalue weighted by molar-refractivity contribution is -0.123. The van der Waals surface area contributed by atoms with Crippen LogP contribution in [0.5, 0.6) is 0 Å². The molecule has 126 valence electrons. The number of anilines is 1. The minimum absolute atomic E-state index is 0.118. The van der Waals surface area contributed by atoms with Crippen molar-refractivity contribution in [3.63, 3.8) is 0 Å². The smallest absolute Gasteiger partial charge is 0.337 e. The first-order chi connectivity index (χ1) is 11.5. The molecule has 3 fully saturated rings. The van der Waals surface area contributed by atoms with Crippen molar-refractivity contribution in [1.82, 2.24) is 0 Å². The second-order valence-electron chi connectivity index (χ2n) is 6.55. The van der Waals surface area contributed by atoms with Crippen molar-refractivity contribution in [3.8, 4) is 0 Å². The third kappa shape index (κ3) is 2.07. The molecule has 0 N–H and O–H groups in total. The Labute approximate surface area is 156 Å². The Kier molecular flexibility index (Phi) is 3.84. The Morgan fingerprint density at radius 3 is 2.00 bits per heavy atom. The molecule has 1 aromatic carbocycles. The number of fused-ring (bicyclic) bond motifs is 5. The predicted molar refractivity (Wildman–Crippen MR) is 94.3 cm³/mol. The fraction of sp³-hybridized carbons (Fsp3) is 0.471. The van der Waals surface area contributed by atoms with E-state index < -0.39 is 5.97 Å². The summed E-state index contributed by atoms with van der Waals surface area (Å²) in [6.45, 7) is 0. The fourth-order valence-corrected chi connectivity index (χ4v) is 6.34. The van der Waals surface area contributed by atoms with Gasteiger partial charge in [0, 0.05) is 9.65 Å². The molecule has 0 spiro atoms. The van der Waals surface area contributed by atoms with Gasteiger partial charge in [-0.25, -0.2) is 4.79 Å². The molecule has 1 aromatic rings. The fourth-order valence-electron chi connectivity index (χ4n) is 4.47. The molecular weight excluding hydrogens is 442 g/mol. The number of carbonyl (C=O) groups excluding carboxylic acids is 3. The third-order valence-electron chi connectivity index (χ3n) is 5.53. The number of imide groups is 1. The average molecular weight is 457 g/mol. The molecule has 24 heavy (non-hydrogen) atoms. The number of ether oxygens (including phenoxy) is 1. The number of carbonyl (C=O) groups is 3. The lowest BCUT2D eigenvalue weighted by Crippen LogP contribution is -2.37. The molecule has 1 heterocycles. The van der Waals surface area contributed by atoms with Crippen LogP contribution in [0.25, 0.3) is 0 Å². The molecule has 0 aromatic heterocycles. The molecule has 2 aliphatic carbocycles. The van der Waals surface area contributed by atoms with E-state index in [0.29, 0.717) is 11.3 Å². The van der Waals surface area contributed by atoms with Gasteiger partial charge in [0.2, 0.25) is 11.8 Å². The summed E-state index contributed by atoms with van der Waals surface area (Å²) in [4.78, 5) is 39.0. The summed E-state index contributed by atoms with van der Waals surface area (Å²) >= 11 is 7.35. The van der Waals surface area contributed by atoms with Crippen LogP contribution >= 0.6 is 31.9 Å². The molecular formula is C17H15Br2NO4. The van der Waals surface area contributed by atoms with Crippen molar-refractivity contribution in [2.45, 2.75) is 16.1 Å². The molecule has 1 saturated heterocycles. The first-order valence-electron chi connectivity index (χ1n) is 7.80. The molecule has 6 atom stereocenters. The number of nitrogens with zero attached hydrogens (tertiary/aromatic N) is 1. The minimum Gasteiger partial charge on any atom is -0.465 e. The zero-order valence-corrected chi connectivity index (χ0v) is 16.0. The monoisotopic (exact) mass is 455 g/mol. The van der Waals surface area contributed by atoms with Crippen LogP contribution in [0.1, 0.15) is 16.8 Å². The highest BCUT2D eigenvalue weighted by Crippen LogP contribution is 2.60. The number of amides is 2. The summed E-state index contributed by atoms with van der Waals surface area (Å²) in [7, 11) is 1.31. The summed E-state index contributed by atoms with van der Waals surface area (Å²) in [6.07, 6.45) is 0.910. The zero-order valence-electron chi connectivity index (χ0n) is 12.8. The van der Waals surface area contributed by atoms with Crippen LogP contribution in [0.15, 0.2) is 24.3 Å². The molecule has 5 nitrogen and oxygen atoms in total. The van der Waals surface area contributed by atoms with Crippen LogP contribution in [0, 0.1) is 23.7 Å². The number of rotatable bonds is 2. The van der Waals surface area contributed by atoms with Gasteiger partial charge in [-0.15, -0.1) is 0 Å². The molecule has 2 saturated carbocycles. The van der Waals surface area contributed by atoms with Crippen LogP contribution < -0.4 is 4.90 Å². The van der Waals surface area contributed by atoms with Gasteiger partial charge >= 0.3 is 5.97 Å². The van der Waals surface area contributed by atoms with E-state index >= 15 is 0 Å². The number of hydrogen-bond acceptors (Lipinski definition) is 4. The van der Waals surface area contributed by atoms with Crippen molar-refractivity contribution < 1.29 is 19.1 Å². The number of esters is 1. The minimum atomic E-state index is -0.445. The highest BCUT2D eigenvalue weighted by Gasteiger charge is 2.66. The summed E-state index contributed by atoms with van der Waals surface area (Å²) in [5, 5.41) is 0. The Balaban J connectivity index is 1.65. The number of alkyl halides is 2. The van der Waals surface area contributed by atoms with Crippen LogP contribution in [0.4, 0.5) is 5.69 Å². The van der Waals surface area contributed by atoms with Gasteiger partial charge in [0.25, 0.3) is 0 Å². The summed E-state index contributed by atoms with van der Waals surface area (Å²) in [5.41, 5.74) is 0.908. The molecule has 4 rings (SSSR count). The molecule has 1 aliphatic heterocycles. The zero-order chi connectivity index (χ0) is 17.2. The van der Waals surface area contributed by atoms with Gasteiger partial charge in [-0.3, -0.25) is 14.5 Å². The van der Waals surface area contributed by atoms with E-state index in [1.165, 1.54) is 12.0 Å². The molecule has 2 bridgehead atoms. The van der Waals surface area contributed by atoms with E-state index in [1.807, 2.05) is 0 Å². The third-order valence-corrected chi connectivity index (χ3v) is 8.74. The van der Waals surface area contributed by atoms with Crippen molar-refractivity contribution in [3.05, 3.63) is 29.8 Å². The van der Waals surface area contributed by atoms with Gasteiger partial charge in [0.15, 0.2) is 0 Å². The molecule has 7 heteroatoms. The average Bonchev–Trinajstić information content (AvgIpc) is 3.19. The van der Waals surface area contributed by atoms with Crippen molar-refractivity contribution >= 4 is 55.3 Å². The Hall–Kier alpha value is -1.21. The van der Waals surface area contributed by atoms with Gasteiger partial charge in [-0.1, -0.05) is 31.9 Å². The lowest BCUT2D eigenvalue weighted by Gasteiger charge is -2.28. The van der Waals surface area contributed by atoms with E-state index in [0.717, 1.165) is 6.42 Å². The van der Waals surface area contributed by atoms with Gasteiger partial charge in [0.1, 0.15) is 0 Å². The number of methoxy groups -OCH3 is 1. The van der Waals surface area contributed by atoms with Gasteiger partial charge < -0.3 is 4.74 Å². The second kappa shape index (κ2) is 5.66. The molecule has 0 radical (unpaired) electrons. The first kappa shape index (κ1) is 16.3. The summed E-state index contributed by atoms with van der Waals surface area (Å²) in [5.74, 6) is -0.763. The maximum atomic E-state index is 12.9. The van der Waals surface area contributed by atoms with Gasteiger partial charge in [-0.2, -0.15) is 0 Å². The molecule has 3 aliphatic rings. The largest absolute Gasteiger partial charge is 0.465 e. The van der Waals surface area contributed by atoms with Crippen molar-refractivity contribution in [2.24, 2.45) is 23.7 Å². The summed E-state index contributed by atoms with van der Waals surface area (Å²) < 4.78 is 4.67. The van der Waals surface area contributed by atoms with Crippen molar-refractivity contribution in [2.75, 3.05) is 12.0 Å². The molecule has 2 amide bonds. The van der Waals surface area contributed by atoms with E-state index in [-0.39, 0.29) is 45.1 Å². The van der Waals surface area contributed by atoms with Crippen LogP contribution in [-0.4, -0.2) is 34.5 Å². The van der Waals surface area contributed by atoms with Crippen LogP contribution in [-0.2, 0) is 14.3 Å². The number of hydrogen-bond donors (Lipinski definition) is 0. The van der Waals surface area contributed by atoms with E-state index in [4.69, 9.17) is 0 Å². The quantitative estimate of drug-likeness (QED) is 0.390.